The molecule has 1 rings (SSSR count). The molecule has 4 nitrogen and oxygen atoms in total. The summed E-state index contributed by atoms with van der Waals surface area (Å²) in [5, 5.41) is 11.1. The van der Waals surface area contributed by atoms with E-state index < -0.39 is 46.8 Å². The van der Waals surface area contributed by atoms with Gasteiger partial charge in [-0.25, -0.2) is 4.79 Å². The van der Waals surface area contributed by atoms with Crippen molar-refractivity contribution in [1.82, 2.24) is 0 Å². The van der Waals surface area contributed by atoms with Crippen LogP contribution in [0.4, 0.5) is 0 Å². The van der Waals surface area contributed by atoms with Crippen molar-refractivity contribution in [3.63, 3.8) is 0 Å². The van der Waals surface area contributed by atoms with Gasteiger partial charge in [-0.1, -0.05) is 132 Å². The van der Waals surface area contributed by atoms with E-state index in [-0.39, 0.29) is 15.1 Å². The predicted octanol–water partition coefficient (Wildman–Crippen LogP) is 9.47. The van der Waals surface area contributed by atoms with Crippen LogP contribution in [0.5, 0.6) is 0 Å². The van der Waals surface area contributed by atoms with Crippen molar-refractivity contribution in [2.75, 3.05) is 0 Å². The van der Waals surface area contributed by atoms with Gasteiger partial charge in [0.15, 0.2) is 6.87 Å². The maximum atomic E-state index is 14.4. The summed E-state index contributed by atoms with van der Waals surface area (Å²) in [4.78, 5) is 14.4. The van der Waals surface area contributed by atoms with E-state index in [1.165, 1.54) is 0 Å². The van der Waals surface area contributed by atoms with Crippen LogP contribution in [-0.4, -0.2) is 41.2 Å². The van der Waals surface area contributed by atoms with Gasteiger partial charge >= 0.3 is 5.97 Å². The topological polar surface area (TPSA) is 59.3 Å². The Hall–Kier alpha value is -0.992. The molecule has 0 saturated heterocycles. The lowest BCUT2D eigenvalue weighted by Crippen LogP contribution is -2.92. The highest BCUT2D eigenvalue weighted by Gasteiger charge is 2.77. The van der Waals surface area contributed by atoms with Crippen molar-refractivity contribution in [3.8, 4) is 6.07 Å². The lowest BCUT2D eigenvalue weighted by atomic mass is 9.95. The van der Waals surface area contributed by atoms with E-state index in [9.17, 15) is 10.1 Å². The predicted molar refractivity (Wildman–Crippen MR) is 178 cm³/mol. The number of ether oxygens (including phenoxy) is 1. The molecule has 39 heavy (non-hydrogen) atoms. The molecule has 0 aliphatic carbocycles. The van der Waals surface area contributed by atoms with Crippen LogP contribution in [0.25, 0.3) is 0 Å². The molecule has 1 unspecified atom stereocenters. The average molecular weight is 606 g/mol. The fourth-order valence-electron chi connectivity index (χ4n) is 5.91. The van der Waals surface area contributed by atoms with Gasteiger partial charge in [-0.05, 0) is 35.9 Å². The highest BCUT2D eigenvalue weighted by molar-refractivity contribution is 7.88. The molecule has 0 amide bonds. The minimum absolute atomic E-state index is 0.00389. The molecule has 0 N–H and O–H groups in total. The summed E-state index contributed by atoms with van der Waals surface area (Å²) in [5.74, 6) is -0.586. The molecule has 8 heteroatoms. The maximum Gasteiger partial charge on any atom is 0.357 e. The molecule has 222 valence electrons. The van der Waals surface area contributed by atoms with E-state index in [4.69, 9.17) is 9.16 Å². The molecule has 0 spiro atoms. The van der Waals surface area contributed by atoms with E-state index >= 15 is 0 Å². The van der Waals surface area contributed by atoms with E-state index in [0.717, 1.165) is 0 Å². The Morgan fingerprint density at radius 3 is 1.26 bits per heavy atom. The first-order valence-electron chi connectivity index (χ1n) is 14.4. The van der Waals surface area contributed by atoms with Gasteiger partial charge < -0.3 is 9.16 Å². The van der Waals surface area contributed by atoms with Crippen LogP contribution in [-0.2, 0) is 19.6 Å². The van der Waals surface area contributed by atoms with Gasteiger partial charge in [0.1, 0.15) is 11.7 Å². The van der Waals surface area contributed by atoms with Gasteiger partial charge in [-0.15, -0.1) is 0 Å². The quantitative estimate of drug-likeness (QED) is 0.229. The largest absolute Gasteiger partial charge is 0.457 e. The summed E-state index contributed by atoms with van der Waals surface area (Å²) in [7, 11) is -7.07. The van der Waals surface area contributed by atoms with E-state index in [1.807, 2.05) is 51.1 Å². The van der Waals surface area contributed by atoms with Crippen molar-refractivity contribution in [2.45, 2.75) is 149 Å². The smallest absolute Gasteiger partial charge is 0.357 e. The molecule has 1 aromatic rings. The molecule has 1 aromatic carbocycles. The second-order valence-electron chi connectivity index (χ2n) is 17.1. The zero-order valence-corrected chi connectivity index (χ0v) is 32.6. The van der Waals surface area contributed by atoms with Crippen molar-refractivity contribution < 1.29 is 14.0 Å². The summed E-state index contributed by atoms with van der Waals surface area (Å²) in [6.45, 7) is 39.0. The van der Waals surface area contributed by atoms with Crippen molar-refractivity contribution in [2.24, 2.45) is 0 Å². The lowest BCUT2D eigenvalue weighted by Gasteiger charge is -2.69. The minimum Gasteiger partial charge on any atom is -0.457 e. The van der Waals surface area contributed by atoms with Crippen LogP contribution in [0.15, 0.2) is 30.3 Å². The minimum atomic E-state index is -2.97. The molecule has 0 aliphatic rings. The van der Waals surface area contributed by atoms with E-state index in [2.05, 4.69) is 108 Å². The van der Waals surface area contributed by atoms with Crippen molar-refractivity contribution >= 4 is 35.6 Å². The SMILES string of the molecule is CC(C)(C)OC(=O)C(C#N)(O[Si]([Si](C)(C)C(C)(C)C)([Si](C)(C)C(C)(C)C)[Si](C)(C)C(C)(C)C)c1ccccc1. The number of esters is 1. The normalized spacial score (nSPS) is 16.3. The Bertz CT molecular complexity index is 998. The van der Waals surface area contributed by atoms with Crippen LogP contribution in [0.3, 0.4) is 0 Å². The van der Waals surface area contributed by atoms with Gasteiger partial charge in [0.2, 0.25) is 0 Å². The zero-order valence-electron chi connectivity index (χ0n) is 28.6. The summed E-state index contributed by atoms with van der Waals surface area (Å²) >= 11 is 0. The number of carbonyl (C=O) groups is 1. The van der Waals surface area contributed by atoms with Gasteiger partial charge in [-0.2, -0.15) is 5.26 Å². The van der Waals surface area contributed by atoms with Crippen molar-refractivity contribution in [3.05, 3.63) is 35.9 Å². The zero-order chi connectivity index (χ0) is 31.3. The number of benzene rings is 1. The first-order chi connectivity index (χ1) is 17.0. The standard InChI is InChI=1S/C31H59NO3Si4/c1-27(2,3)34-26(33)31(24-32,25-22-20-19-21-23-25)35-39(36(13,14)28(4,5)6,37(15,16)29(7,8)9)38(17,18)30(10,11)12/h19-23H,1-18H3. The summed E-state index contributed by atoms with van der Waals surface area (Å²) in [6, 6.07) is 11.9. The number of hydrogen-bond acceptors (Lipinski definition) is 4. The lowest BCUT2D eigenvalue weighted by molar-refractivity contribution is -0.170. The third-order valence-corrected chi connectivity index (χ3v) is 85.0. The number of carbonyl (C=O) groups excluding carboxylic acids is 1. The fraction of sp³-hybridized carbons (Fsp3) is 0.742. The summed E-state index contributed by atoms with van der Waals surface area (Å²) in [6.07, 6.45) is 0. The van der Waals surface area contributed by atoms with Crippen LogP contribution in [0, 0.1) is 11.3 Å². The Morgan fingerprint density at radius 2 is 1.00 bits per heavy atom. The average Bonchev–Trinajstić information content (AvgIpc) is 2.71. The van der Waals surface area contributed by atoms with E-state index in [0.29, 0.717) is 5.56 Å². The molecule has 0 radical (unpaired) electrons. The summed E-state index contributed by atoms with van der Waals surface area (Å²) in [5.41, 5.74) is -2.01. The first-order valence-corrected chi connectivity index (χ1v) is 28.3. The van der Waals surface area contributed by atoms with Gasteiger partial charge in [0, 0.05) is 5.56 Å². The molecule has 0 heterocycles. The maximum absolute atomic E-state index is 14.4. The third-order valence-electron chi connectivity index (χ3n) is 10.6. The Kier molecular flexibility index (Phi) is 9.87. The van der Waals surface area contributed by atoms with Crippen molar-refractivity contribution in [1.29, 1.82) is 5.26 Å². The van der Waals surface area contributed by atoms with E-state index in [1.54, 1.807) is 0 Å². The fourth-order valence-corrected chi connectivity index (χ4v) is 105. The Morgan fingerprint density at radius 1 is 0.667 bits per heavy atom. The molecule has 0 aliphatic heterocycles. The van der Waals surface area contributed by atoms with Crippen LogP contribution in [0.2, 0.25) is 54.4 Å². The first kappa shape index (κ1) is 36.0. The Labute approximate surface area is 244 Å². The van der Waals surface area contributed by atoms with Gasteiger partial charge in [-0.3, -0.25) is 0 Å². The molecule has 0 saturated carbocycles. The number of nitriles is 1. The third kappa shape index (κ3) is 5.99. The highest BCUT2D eigenvalue weighted by atomic mass is 29.9. The molecule has 0 bridgehead atoms. The number of hydrogen-bond donors (Lipinski definition) is 0. The number of nitrogens with zero attached hydrogens (tertiary/aromatic N) is 1. The molecular formula is C31H59NO3Si4. The Balaban J connectivity index is 4.60. The van der Waals surface area contributed by atoms with Crippen LogP contribution >= 0.6 is 0 Å². The monoisotopic (exact) mass is 605 g/mol. The van der Waals surface area contributed by atoms with Crippen LogP contribution < -0.4 is 0 Å². The highest BCUT2D eigenvalue weighted by Crippen LogP contribution is 2.60. The summed E-state index contributed by atoms with van der Waals surface area (Å²) < 4.78 is 14.0. The van der Waals surface area contributed by atoms with Gasteiger partial charge in [0.05, 0.1) is 22.8 Å². The second-order valence-corrected chi connectivity index (χ2v) is 55.0. The molecule has 0 aromatic heterocycles. The molecule has 1 atom stereocenters. The van der Waals surface area contributed by atoms with Gasteiger partial charge in [0.25, 0.3) is 5.60 Å². The molecular weight excluding hydrogens is 547 g/mol. The number of rotatable bonds is 7. The second kappa shape index (κ2) is 10.7. The molecule has 0 fully saturated rings. The van der Waals surface area contributed by atoms with Crippen LogP contribution in [0.1, 0.15) is 88.6 Å².